The van der Waals surface area contributed by atoms with Crippen molar-refractivity contribution < 1.29 is 19.4 Å². The summed E-state index contributed by atoms with van der Waals surface area (Å²) in [6.45, 7) is 4.71. The molecule has 0 spiro atoms. The van der Waals surface area contributed by atoms with Crippen molar-refractivity contribution in [1.82, 2.24) is 10.2 Å². The fourth-order valence-electron chi connectivity index (χ4n) is 3.01. The molecular formula is C22H35ClN2O4. The van der Waals surface area contributed by atoms with E-state index in [1.807, 2.05) is 12.1 Å². The maximum atomic E-state index is 12.0. The number of nitrogens with one attached hydrogen (secondary N) is 1. The molecule has 1 aromatic carbocycles. The maximum absolute atomic E-state index is 12.0. The number of likely N-dealkylation sites (N-methyl/N-ethyl adjacent to an activating group) is 1. The van der Waals surface area contributed by atoms with Gasteiger partial charge in [0.2, 0.25) is 11.6 Å². The topological polar surface area (TPSA) is 78.9 Å². The zero-order valence-corrected chi connectivity index (χ0v) is 18.9. The normalized spacial score (nSPS) is 13.3. The van der Waals surface area contributed by atoms with Gasteiger partial charge in [-0.1, -0.05) is 50.3 Å². The third kappa shape index (κ3) is 8.17. The first-order chi connectivity index (χ1) is 13.2. The van der Waals surface area contributed by atoms with E-state index in [1.165, 1.54) is 12.0 Å². The molecule has 29 heavy (non-hydrogen) atoms. The molecule has 0 saturated carbocycles. The molecule has 0 heterocycles. The summed E-state index contributed by atoms with van der Waals surface area (Å²) in [5.41, 5.74) is -0.102. The van der Waals surface area contributed by atoms with Gasteiger partial charge in [0.05, 0.1) is 0 Å². The van der Waals surface area contributed by atoms with Crippen LogP contribution in [0.15, 0.2) is 36.4 Å². The lowest BCUT2D eigenvalue weighted by molar-refractivity contribution is -0.187. The van der Waals surface area contributed by atoms with Crippen LogP contribution in [0.3, 0.4) is 0 Å². The minimum Gasteiger partial charge on any atom is -0.478 e. The van der Waals surface area contributed by atoms with Crippen molar-refractivity contribution in [3.05, 3.63) is 47.5 Å². The first kappa shape index (κ1) is 27.1. The fourth-order valence-corrected chi connectivity index (χ4v) is 3.01. The number of allylic oxidation sites excluding steroid dienone is 2. The van der Waals surface area contributed by atoms with Crippen LogP contribution < -0.4 is 5.32 Å². The SMILES string of the molecule is COC(C(=O)O)(c1ccc(CNC(=O)CCCCC=CC(C)C)cc1)N(C)C.Cl. The second-order valence-corrected chi connectivity index (χ2v) is 7.44. The van der Waals surface area contributed by atoms with Crippen LogP contribution >= 0.6 is 12.4 Å². The van der Waals surface area contributed by atoms with Crippen LogP contribution in [0.5, 0.6) is 0 Å². The summed E-state index contributed by atoms with van der Waals surface area (Å²) in [6, 6.07) is 7.07. The molecule has 0 aromatic heterocycles. The summed E-state index contributed by atoms with van der Waals surface area (Å²) >= 11 is 0. The van der Waals surface area contributed by atoms with E-state index in [4.69, 9.17) is 4.74 Å². The van der Waals surface area contributed by atoms with Crippen molar-refractivity contribution in [1.29, 1.82) is 0 Å². The van der Waals surface area contributed by atoms with Crippen LogP contribution in [-0.4, -0.2) is 43.1 Å². The van der Waals surface area contributed by atoms with Gasteiger partial charge in [0.25, 0.3) is 0 Å². The minimum atomic E-state index is -1.54. The summed E-state index contributed by atoms with van der Waals surface area (Å²) < 4.78 is 5.32. The van der Waals surface area contributed by atoms with E-state index in [9.17, 15) is 14.7 Å². The third-order valence-electron chi connectivity index (χ3n) is 4.60. The van der Waals surface area contributed by atoms with E-state index in [0.717, 1.165) is 24.8 Å². The highest BCUT2D eigenvalue weighted by Crippen LogP contribution is 2.28. The molecule has 0 aliphatic rings. The molecule has 0 aliphatic carbocycles. The number of rotatable bonds is 12. The fraction of sp³-hybridized carbons (Fsp3) is 0.545. The number of unbranched alkanes of at least 4 members (excludes halogenated alkanes) is 2. The van der Waals surface area contributed by atoms with Gasteiger partial charge >= 0.3 is 5.97 Å². The predicted octanol–water partition coefficient (Wildman–Crippen LogP) is 3.94. The van der Waals surface area contributed by atoms with E-state index in [2.05, 4.69) is 31.3 Å². The van der Waals surface area contributed by atoms with E-state index in [0.29, 0.717) is 24.4 Å². The van der Waals surface area contributed by atoms with Gasteiger partial charge in [0, 0.05) is 25.6 Å². The summed E-state index contributed by atoms with van der Waals surface area (Å²) in [7, 11) is 4.69. The number of methoxy groups -OCH3 is 1. The van der Waals surface area contributed by atoms with E-state index >= 15 is 0 Å². The van der Waals surface area contributed by atoms with Gasteiger partial charge in [-0.05, 0) is 44.8 Å². The highest BCUT2D eigenvalue weighted by molar-refractivity contribution is 5.85. The Kier molecular flexibility index (Phi) is 12.5. The zero-order chi connectivity index (χ0) is 21.2. The zero-order valence-electron chi connectivity index (χ0n) is 18.1. The number of carbonyl (C=O) groups is 2. The molecule has 2 N–H and O–H groups in total. The average Bonchev–Trinajstić information content (AvgIpc) is 2.64. The number of benzene rings is 1. The van der Waals surface area contributed by atoms with E-state index < -0.39 is 11.7 Å². The van der Waals surface area contributed by atoms with Crippen LogP contribution in [0.25, 0.3) is 0 Å². The van der Waals surface area contributed by atoms with Gasteiger partial charge in [-0.3, -0.25) is 9.69 Å². The molecule has 0 bridgehead atoms. The van der Waals surface area contributed by atoms with E-state index in [1.54, 1.807) is 26.2 Å². The second-order valence-electron chi connectivity index (χ2n) is 7.44. The van der Waals surface area contributed by atoms with Crippen molar-refractivity contribution in [3.63, 3.8) is 0 Å². The first-order valence-corrected chi connectivity index (χ1v) is 9.72. The number of ether oxygens (including phenoxy) is 1. The average molecular weight is 427 g/mol. The number of aliphatic carboxylic acids is 1. The lowest BCUT2D eigenvalue weighted by Gasteiger charge is -2.34. The Labute approximate surface area is 180 Å². The number of nitrogens with zero attached hydrogens (tertiary/aromatic N) is 1. The number of carbonyl (C=O) groups excluding carboxylic acids is 1. The Morgan fingerprint density at radius 1 is 1.21 bits per heavy atom. The number of hydrogen-bond donors (Lipinski definition) is 2. The molecule has 7 heteroatoms. The number of carboxylic acids is 1. The number of halogens is 1. The van der Waals surface area contributed by atoms with Crippen LogP contribution in [0.1, 0.15) is 50.7 Å². The second kappa shape index (κ2) is 13.4. The van der Waals surface area contributed by atoms with Crippen molar-refractivity contribution in [2.24, 2.45) is 5.92 Å². The van der Waals surface area contributed by atoms with Crippen molar-refractivity contribution >= 4 is 24.3 Å². The van der Waals surface area contributed by atoms with Gasteiger partial charge in [0.1, 0.15) is 0 Å². The monoisotopic (exact) mass is 426 g/mol. The lowest BCUT2D eigenvalue weighted by atomic mass is 10.00. The predicted molar refractivity (Wildman–Crippen MR) is 118 cm³/mol. The number of hydrogen-bond acceptors (Lipinski definition) is 4. The van der Waals surface area contributed by atoms with Gasteiger partial charge in [0.15, 0.2) is 0 Å². The minimum absolute atomic E-state index is 0. The lowest BCUT2D eigenvalue weighted by Crippen LogP contribution is -2.49. The molecular weight excluding hydrogens is 392 g/mol. The van der Waals surface area contributed by atoms with Crippen LogP contribution in [0, 0.1) is 5.92 Å². The van der Waals surface area contributed by atoms with Gasteiger partial charge in [-0.2, -0.15) is 0 Å². The van der Waals surface area contributed by atoms with Crippen LogP contribution in [0.4, 0.5) is 0 Å². The van der Waals surface area contributed by atoms with Gasteiger partial charge in [-0.25, -0.2) is 4.79 Å². The standard InChI is InChI=1S/C22H34N2O4.ClH/c1-17(2)10-8-6-7-9-11-20(25)23-16-18-12-14-19(15-13-18)22(28-5,21(26)27)24(3)4;/h8,10,12-15,17H,6-7,9,11,16H2,1-5H3,(H,23,25)(H,26,27);1H. The largest absolute Gasteiger partial charge is 0.478 e. The smallest absolute Gasteiger partial charge is 0.356 e. The highest BCUT2D eigenvalue weighted by Gasteiger charge is 2.43. The highest BCUT2D eigenvalue weighted by atomic mass is 35.5. The molecule has 1 rings (SSSR count). The summed E-state index contributed by atoms with van der Waals surface area (Å²) in [4.78, 5) is 25.3. The van der Waals surface area contributed by atoms with Gasteiger partial charge < -0.3 is 15.2 Å². The van der Waals surface area contributed by atoms with Crippen molar-refractivity contribution in [3.8, 4) is 0 Å². The molecule has 0 radical (unpaired) electrons. The number of carboxylic acid groups (broad SMARTS) is 1. The molecule has 0 aliphatic heterocycles. The van der Waals surface area contributed by atoms with E-state index in [-0.39, 0.29) is 18.3 Å². The Morgan fingerprint density at radius 2 is 1.83 bits per heavy atom. The molecule has 164 valence electrons. The summed E-state index contributed by atoms with van der Waals surface area (Å²) in [6.07, 6.45) is 7.75. The maximum Gasteiger partial charge on any atom is 0.356 e. The number of amides is 1. The van der Waals surface area contributed by atoms with Crippen LogP contribution in [0.2, 0.25) is 0 Å². The molecule has 6 nitrogen and oxygen atoms in total. The Bertz CT molecular complexity index is 659. The first-order valence-electron chi connectivity index (χ1n) is 9.72. The molecule has 0 fully saturated rings. The van der Waals surface area contributed by atoms with Gasteiger partial charge in [-0.15, -0.1) is 12.4 Å². The van der Waals surface area contributed by atoms with Crippen molar-refractivity contribution in [2.45, 2.75) is 51.8 Å². The molecule has 0 saturated heterocycles. The molecule has 1 aromatic rings. The quantitative estimate of drug-likeness (QED) is 0.300. The Morgan fingerprint density at radius 3 is 2.31 bits per heavy atom. The molecule has 1 atom stereocenters. The van der Waals surface area contributed by atoms with Crippen LogP contribution in [-0.2, 0) is 26.6 Å². The molecule has 1 amide bonds. The third-order valence-corrected chi connectivity index (χ3v) is 4.60. The Hall–Kier alpha value is -1.89. The molecule has 1 unspecified atom stereocenters. The van der Waals surface area contributed by atoms with Crippen molar-refractivity contribution in [2.75, 3.05) is 21.2 Å². The summed E-state index contributed by atoms with van der Waals surface area (Å²) in [5.74, 6) is -0.483. The Balaban J connectivity index is 0.00000784. The summed E-state index contributed by atoms with van der Waals surface area (Å²) in [5, 5.41) is 12.5.